The maximum absolute atomic E-state index is 12.8. The van der Waals surface area contributed by atoms with E-state index in [0.717, 1.165) is 4.48 Å². The van der Waals surface area contributed by atoms with Gasteiger partial charge in [-0.15, -0.1) is 0 Å². The van der Waals surface area contributed by atoms with Gasteiger partial charge in [0, 0.05) is 4.48 Å². The van der Waals surface area contributed by atoms with Crippen molar-refractivity contribution in [1.82, 2.24) is 0 Å². The van der Waals surface area contributed by atoms with E-state index in [1.165, 1.54) is 6.07 Å². The number of hydrogen-bond acceptors (Lipinski definition) is 1. The van der Waals surface area contributed by atoms with E-state index in [0.29, 0.717) is 17.9 Å². The highest BCUT2D eigenvalue weighted by molar-refractivity contribution is 9.11. The molecule has 0 radical (unpaired) electrons. The Morgan fingerprint density at radius 3 is 2.85 bits per heavy atom. The standard InChI is InChI=1S/C10H10BrFO/c1-7-5-9(3-4-10(7)12)13-6-8(2)11/h3-5H,2,6H2,1H3. The lowest BCUT2D eigenvalue weighted by Gasteiger charge is -2.05. The molecule has 70 valence electrons. The molecular weight excluding hydrogens is 235 g/mol. The minimum atomic E-state index is -0.218. The molecule has 1 aromatic rings. The Morgan fingerprint density at radius 1 is 1.62 bits per heavy atom. The Balaban J connectivity index is 2.68. The molecule has 0 aliphatic rings. The van der Waals surface area contributed by atoms with Gasteiger partial charge in [0.05, 0.1) is 0 Å². The van der Waals surface area contributed by atoms with Crippen LogP contribution in [0.1, 0.15) is 5.56 Å². The second-order valence-electron chi connectivity index (χ2n) is 2.72. The predicted octanol–water partition coefficient (Wildman–Crippen LogP) is 3.42. The lowest BCUT2D eigenvalue weighted by atomic mass is 10.2. The molecule has 0 unspecified atom stereocenters. The average Bonchev–Trinajstić information content (AvgIpc) is 2.07. The maximum atomic E-state index is 12.8. The van der Waals surface area contributed by atoms with Gasteiger partial charge in [0.25, 0.3) is 0 Å². The molecule has 0 bridgehead atoms. The first-order valence-corrected chi connectivity index (χ1v) is 4.61. The second kappa shape index (κ2) is 4.42. The fourth-order valence-corrected chi connectivity index (χ4v) is 0.983. The van der Waals surface area contributed by atoms with E-state index in [1.54, 1.807) is 19.1 Å². The highest BCUT2D eigenvalue weighted by Crippen LogP contribution is 2.16. The Kier molecular flexibility index (Phi) is 3.48. The van der Waals surface area contributed by atoms with Gasteiger partial charge >= 0.3 is 0 Å². The second-order valence-corrected chi connectivity index (χ2v) is 3.84. The van der Waals surface area contributed by atoms with Gasteiger partial charge in [0.15, 0.2) is 0 Å². The first kappa shape index (κ1) is 10.3. The van der Waals surface area contributed by atoms with Crippen molar-refractivity contribution < 1.29 is 9.13 Å². The van der Waals surface area contributed by atoms with E-state index in [2.05, 4.69) is 22.5 Å². The van der Waals surface area contributed by atoms with Crippen LogP contribution in [0.15, 0.2) is 29.3 Å². The Hall–Kier alpha value is -0.830. The van der Waals surface area contributed by atoms with Crippen molar-refractivity contribution in [2.24, 2.45) is 0 Å². The fraction of sp³-hybridized carbons (Fsp3) is 0.200. The topological polar surface area (TPSA) is 9.23 Å². The Bertz CT molecular complexity index is 323. The smallest absolute Gasteiger partial charge is 0.126 e. The summed E-state index contributed by atoms with van der Waals surface area (Å²) in [6.45, 7) is 5.72. The molecule has 0 saturated carbocycles. The molecule has 0 amide bonds. The van der Waals surface area contributed by atoms with E-state index < -0.39 is 0 Å². The van der Waals surface area contributed by atoms with Crippen molar-refractivity contribution >= 4 is 15.9 Å². The van der Waals surface area contributed by atoms with Crippen LogP contribution >= 0.6 is 15.9 Å². The van der Waals surface area contributed by atoms with E-state index in [4.69, 9.17) is 4.74 Å². The quantitative estimate of drug-likeness (QED) is 0.792. The molecule has 0 aromatic heterocycles. The average molecular weight is 245 g/mol. The van der Waals surface area contributed by atoms with E-state index in [-0.39, 0.29) is 5.82 Å². The van der Waals surface area contributed by atoms with Crippen LogP contribution in [0.4, 0.5) is 4.39 Å². The summed E-state index contributed by atoms with van der Waals surface area (Å²) in [5.41, 5.74) is 0.581. The molecule has 0 spiro atoms. The molecule has 3 heteroatoms. The van der Waals surface area contributed by atoms with E-state index >= 15 is 0 Å². The Morgan fingerprint density at radius 2 is 2.31 bits per heavy atom. The molecule has 0 fully saturated rings. The van der Waals surface area contributed by atoms with Crippen molar-refractivity contribution in [2.45, 2.75) is 6.92 Å². The lowest BCUT2D eigenvalue weighted by Crippen LogP contribution is -1.96. The minimum Gasteiger partial charge on any atom is -0.488 e. The van der Waals surface area contributed by atoms with Gasteiger partial charge in [-0.3, -0.25) is 0 Å². The van der Waals surface area contributed by atoms with Crippen LogP contribution in [-0.4, -0.2) is 6.61 Å². The predicted molar refractivity (Wildman–Crippen MR) is 54.7 cm³/mol. The summed E-state index contributed by atoms with van der Waals surface area (Å²) in [7, 11) is 0. The minimum absolute atomic E-state index is 0.218. The van der Waals surface area contributed by atoms with Crippen LogP contribution in [0.2, 0.25) is 0 Å². The zero-order valence-corrected chi connectivity index (χ0v) is 8.90. The van der Waals surface area contributed by atoms with Crippen LogP contribution in [0.25, 0.3) is 0 Å². The first-order valence-electron chi connectivity index (χ1n) is 3.82. The lowest BCUT2D eigenvalue weighted by molar-refractivity contribution is 0.360. The molecule has 1 aromatic carbocycles. The molecule has 0 heterocycles. The summed E-state index contributed by atoms with van der Waals surface area (Å²) in [5.74, 6) is 0.435. The highest BCUT2D eigenvalue weighted by Gasteiger charge is 1.99. The number of ether oxygens (including phenoxy) is 1. The van der Waals surface area contributed by atoms with Gasteiger partial charge in [-0.05, 0) is 30.7 Å². The molecular formula is C10H10BrFO. The van der Waals surface area contributed by atoms with Crippen molar-refractivity contribution in [1.29, 1.82) is 0 Å². The van der Waals surface area contributed by atoms with E-state index in [9.17, 15) is 4.39 Å². The summed E-state index contributed by atoms with van der Waals surface area (Å²) in [6.07, 6.45) is 0. The summed E-state index contributed by atoms with van der Waals surface area (Å²) >= 11 is 3.17. The molecule has 13 heavy (non-hydrogen) atoms. The van der Waals surface area contributed by atoms with Gasteiger partial charge in [-0.2, -0.15) is 0 Å². The van der Waals surface area contributed by atoms with Crippen molar-refractivity contribution in [2.75, 3.05) is 6.61 Å². The highest BCUT2D eigenvalue weighted by atomic mass is 79.9. The van der Waals surface area contributed by atoms with Crippen molar-refractivity contribution in [3.63, 3.8) is 0 Å². The summed E-state index contributed by atoms with van der Waals surface area (Å²) in [5, 5.41) is 0. The van der Waals surface area contributed by atoms with Gasteiger partial charge in [0.1, 0.15) is 18.2 Å². The number of rotatable bonds is 3. The van der Waals surface area contributed by atoms with Crippen molar-refractivity contribution in [3.05, 3.63) is 40.6 Å². The SMILES string of the molecule is C=C(Br)COc1ccc(F)c(C)c1. The van der Waals surface area contributed by atoms with Gasteiger partial charge in [-0.25, -0.2) is 4.39 Å². The molecule has 1 rings (SSSR count). The Labute approximate surface area is 85.3 Å². The zero-order valence-electron chi connectivity index (χ0n) is 7.31. The van der Waals surface area contributed by atoms with Crippen LogP contribution in [0, 0.1) is 12.7 Å². The monoisotopic (exact) mass is 244 g/mol. The fourth-order valence-electron chi connectivity index (χ4n) is 0.869. The largest absolute Gasteiger partial charge is 0.488 e. The van der Waals surface area contributed by atoms with E-state index in [1.807, 2.05) is 0 Å². The normalized spacial score (nSPS) is 9.77. The number of benzene rings is 1. The van der Waals surface area contributed by atoms with Crippen LogP contribution in [0.5, 0.6) is 5.75 Å². The third-order valence-electron chi connectivity index (χ3n) is 1.52. The first-order chi connectivity index (χ1) is 6.09. The number of aryl methyl sites for hydroxylation is 1. The van der Waals surface area contributed by atoms with Gasteiger partial charge in [-0.1, -0.05) is 22.5 Å². The summed E-state index contributed by atoms with van der Waals surface area (Å²) < 4.78 is 18.9. The summed E-state index contributed by atoms with van der Waals surface area (Å²) in [6, 6.07) is 4.64. The molecule has 0 atom stereocenters. The maximum Gasteiger partial charge on any atom is 0.126 e. The molecule has 1 nitrogen and oxygen atoms in total. The summed E-state index contributed by atoms with van der Waals surface area (Å²) in [4.78, 5) is 0. The molecule has 0 aliphatic heterocycles. The van der Waals surface area contributed by atoms with Crippen molar-refractivity contribution in [3.8, 4) is 5.75 Å². The molecule has 0 aliphatic carbocycles. The molecule has 0 N–H and O–H groups in total. The number of hydrogen-bond donors (Lipinski definition) is 0. The van der Waals surface area contributed by atoms with Crippen LogP contribution in [0.3, 0.4) is 0 Å². The zero-order chi connectivity index (χ0) is 9.84. The van der Waals surface area contributed by atoms with Crippen LogP contribution < -0.4 is 4.74 Å². The molecule has 0 saturated heterocycles. The van der Waals surface area contributed by atoms with Crippen LogP contribution in [-0.2, 0) is 0 Å². The third kappa shape index (κ3) is 3.19. The van der Waals surface area contributed by atoms with Gasteiger partial charge < -0.3 is 4.74 Å². The number of halogens is 2. The van der Waals surface area contributed by atoms with Gasteiger partial charge in [0.2, 0.25) is 0 Å². The third-order valence-corrected chi connectivity index (χ3v) is 1.75.